The second kappa shape index (κ2) is 13.2. The standard InChI is InChI=1S/C24H32N4.CH3NO/c1-4-7-23(27-17-21-9-6-5-8-20(21)16-19(2)3)22-18-26-11-10-24(22)28-14-12-25-13-15-28;2-1-3/h4,6-7,9-11,18,25,27H,1-2,5,8,12-17H2,3H3;1H,(H2,2,3)/b23-7-;. The number of anilines is 1. The maximum atomic E-state index is 8.58. The molecule has 31 heavy (non-hydrogen) atoms. The van der Waals surface area contributed by atoms with Gasteiger partial charge >= 0.3 is 0 Å². The number of nitrogens with zero attached hydrogens (tertiary/aromatic N) is 2. The Morgan fingerprint density at radius 2 is 2.13 bits per heavy atom. The van der Waals surface area contributed by atoms with Gasteiger partial charge in [-0.1, -0.05) is 42.5 Å². The van der Waals surface area contributed by atoms with Crippen LogP contribution in [0.5, 0.6) is 0 Å². The normalized spacial score (nSPS) is 16.3. The Labute approximate surface area is 186 Å². The second-order valence-corrected chi connectivity index (χ2v) is 7.64. The fraction of sp³-hybridized carbons (Fsp3) is 0.360. The first-order valence-electron chi connectivity index (χ1n) is 10.7. The van der Waals surface area contributed by atoms with Crippen molar-refractivity contribution in [3.63, 3.8) is 0 Å². The van der Waals surface area contributed by atoms with E-state index in [1.807, 2.05) is 24.5 Å². The molecule has 2 aliphatic rings. The third-order valence-electron chi connectivity index (χ3n) is 5.20. The van der Waals surface area contributed by atoms with Gasteiger partial charge in [-0.15, -0.1) is 0 Å². The van der Waals surface area contributed by atoms with Gasteiger partial charge in [-0.05, 0) is 43.9 Å². The maximum Gasteiger partial charge on any atom is 0.204 e. The third kappa shape index (κ3) is 7.57. The Morgan fingerprint density at radius 1 is 1.39 bits per heavy atom. The summed E-state index contributed by atoms with van der Waals surface area (Å²) in [6.07, 6.45) is 15.7. The van der Waals surface area contributed by atoms with Crippen LogP contribution in [0.4, 0.5) is 5.69 Å². The molecule has 0 atom stereocenters. The van der Waals surface area contributed by atoms with Crippen LogP contribution in [0, 0.1) is 0 Å². The van der Waals surface area contributed by atoms with Gasteiger partial charge in [-0.3, -0.25) is 9.78 Å². The van der Waals surface area contributed by atoms with E-state index in [0.29, 0.717) is 0 Å². The Bertz CT molecular complexity index is 847. The number of carbonyl (C=O) groups is 1. The summed E-state index contributed by atoms with van der Waals surface area (Å²) in [7, 11) is 0. The third-order valence-corrected chi connectivity index (χ3v) is 5.20. The van der Waals surface area contributed by atoms with Gasteiger partial charge in [0.1, 0.15) is 0 Å². The van der Waals surface area contributed by atoms with E-state index >= 15 is 0 Å². The first kappa shape index (κ1) is 24.2. The van der Waals surface area contributed by atoms with E-state index in [9.17, 15) is 0 Å². The smallest absolute Gasteiger partial charge is 0.204 e. The molecule has 1 aliphatic heterocycles. The Hall–Kier alpha value is -3.12. The number of piperazine rings is 1. The van der Waals surface area contributed by atoms with E-state index in [4.69, 9.17) is 4.79 Å². The molecule has 0 unspecified atom stereocenters. The number of allylic oxidation sites excluding steroid dienone is 5. The quantitative estimate of drug-likeness (QED) is 0.341. The van der Waals surface area contributed by atoms with Crippen LogP contribution in [0.3, 0.4) is 0 Å². The SMILES string of the molecule is C=C/C=C(\NCC1=C(CC(=C)C)CCC=C1)c1cnccc1N1CCNCC1.NC=O. The van der Waals surface area contributed by atoms with Crippen LogP contribution in [0.15, 0.2) is 72.6 Å². The molecule has 1 fully saturated rings. The van der Waals surface area contributed by atoms with E-state index in [1.165, 1.54) is 22.4 Å². The minimum Gasteiger partial charge on any atom is -0.380 e. The number of hydrogen-bond donors (Lipinski definition) is 3. The highest BCUT2D eigenvalue weighted by Gasteiger charge is 2.17. The van der Waals surface area contributed by atoms with Crippen LogP contribution >= 0.6 is 0 Å². The molecule has 1 aliphatic carbocycles. The summed E-state index contributed by atoms with van der Waals surface area (Å²) in [6.45, 7) is 15.0. The van der Waals surface area contributed by atoms with Gasteiger partial charge in [0.25, 0.3) is 0 Å². The largest absolute Gasteiger partial charge is 0.380 e. The van der Waals surface area contributed by atoms with E-state index in [-0.39, 0.29) is 6.41 Å². The number of primary amides is 1. The lowest BCUT2D eigenvalue weighted by molar-refractivity contribution is -0.106. The summed E-state index contributed by atoms with van der Waals surface area (Å²) >= 11 is 0. The van der Waals surface area contributed by atoms with E-state index < -0.39 is 0 Å². The summed E-state index contributed by atoms with van der Waals surface area (Å²) < 4.78 is 0. The summed E-state index contributed by atoms with van der Waals surface area (Å²) in [5.74, 6) is 0. The molecule has 2 heterocycles. The van der Waals surface area contributed by atoms with E-state index in [2.05, 4.69) is 64.6 Å². The van der Waals surface area contributed by atoms with Crippen molar-refractivity contribution in [2.75, 3.05) is 37.6 Å². The summed E-state index contributed by atoms with van der Waals surface area (Å²) in [4.78, 5) is 15.4. The van der Waals surface area contributed by atoms with Gasteiger partial charge < -0.3 is 21.3 Å². The van der Waals surface area contributed by atoms with Gasteiger partial charge in [0, 0.05) is 62.1 Å². The molecular formula is C25H35N5O. The zero-order valence-corrected chi connectivity index (χ0v) is 18.6. The average molecular weight is 422 g/mol. The van der Waals surface area contributed by atoms with Crippen molar-refractivity contribution in [3.05, 3.63) is 78.2 Å². The van der Waals surface area contributed by atoms with Crippen molar-refractivity contribution in [1.82, 2.24) is 15.6 Å². The highest BCUT2D eigenvalue weighted by molar-refractivity contribution is 5.76. The summed E-state index contributed by atoms with van der Waals surface area (Å²) in [5.41, 5.74) is 11.7. The highest BCUT2D eigenvalue weighted by Crippen LogP contribution is 2.27. The molecule has 1 aromatic heterocycles. The predicted molar refractivity (Wildman–Crippen MR) is 131 cm³/mol. The van der Waals surface area contributed by atoms with Crippen LogP contribution in [0.1, 0.15) is 31.7 Å². The topological polar surface area (TPSA) is 83.3 Å². The number of pyridine rings is 1. The van der Waals surface area contributed by atoms with Crippen LogP contribution in [-0.4, -0.2) is 44.1 Å². The zero-order valence-electron chi connectivity index (χ0n) is 18.6. The molecule has 4 N–H and O–H groups in total. The van der Waals surface area contributed by atoms with Crippen molar-refractivity contribution < 1.29 is 4.79 Å². The minimum absolute atomic E-state index is 0.250. The van der Waals surface area contributed by atoms with Crippen molar-refractivity contribution in [1.29, 1.82) is 0 Å². The number of carbonyl (C=O) groups excluding carboxylic acids is 1. The molecule has 166 valence electrons. The Kier molecular flexibility index (Phi) is 10.3. The fourth-order valence-electron chi connectivity index (χ4n) is 3.84. The number of nitrogens with one attached hydrogen (secondary N) is 2. The monoisotopic (exact) mass is 421 g/mol. The van der Waals surface area contributed by atoms with Crippen molar-refractivity contribution in [2.45, 2.75) is 26.2 Å². The summed E-state index contributed by atoms with van der Waals surface area (Å²) in [6, 6.07) is 2.12. The first-order valence-corrected chi connectivity index (χ1v) is 10.7. The molecule has 0 saturated carbocycles. The number of aromatic nitrogens is 1. The van der Waals surface area contributed by atoms with Crippen LogP contribution in [-0.2, 0) is 4.79 Å². The van der Waals surface area contributed by atoms with Crippen molar-refractivity contribution in [2.24, 2.45) is 5.73 Å². The number of hydrogen-bond acceptors (Lipinski definition) is 5. The van der Waals surface area contributed by atoms with Gasteiger partial charge in [0.05, 0.1) is 0 Å². The molecule has 0 spiro atoms. The lowest BCUT2D eigenvalue weighted by atomic mass is 9.92. The fourth-order valence-corrected chi connectivity index (χ4v) is 3.84. The second-order valence-electron chi connectivity index (χ2n) is 7.64. The zero-order chi connectivity index (χ0) is 22.5. The maximum absolute atomic E-state index is 8.58. The molecule has 6 nitrogen and oxygen atoms in total. The average Bonchev–Trinajstić information content (AvgIpc) is 2.78. The minimum atomic E-state index is 0.250. The predicted octanol–water partition coefficient (Wildman–Crippen LogP) is 3.32. The molecule has 1 saturated heterocycles. The number of rotatable bonds is 8. The Balaban J connectivity index is 0.00000107. The van der Waals surface area contributed by atoms with Gasteiger partial charge in [-0.2, -0.15) is 0 Å². The van der Waals surface area contributed by atoms with Gasteiger partial charge in [0.15, 0.2) is 0 Å². The van der Waals surface area contributed by atoms with Gasteiger partial charge in [0.2, 0.25) is 6.41 Å². The lowest BCUT2D eigenvalue weighted by Crippen LogP contribution is -2.44. The van der Waals surface area contributed by atoms with Crippen molar-refractivity contribution >= 4 is 17.8 Å². The van der Waals surface area contributed by atoms with E-state index in [1.54, 1.807) is 0 Å². The molecular weight excluding hydrogens is 386 g/mol. The molecule has 6 heteroatoms. The van der Waals surface area contributed by atoms with Crippen LogP contribution in [0.25, 0.3) is 5.70 Å². The van der Waals surface area contributed by atoms with E-state index in [0.717, 1.165) is 63.2 Å². The molecule has 0 aromatic carbocycles. The number of amides is 1. The Morgan fingerprint density at radius 3 is 2.81 bits per heavy atom. The highest BCUT2D eigenvalue weighted by atomic mass is 16.1. The molecule has 0 radical (unpaired) electrons. The van der Waals surface area contributed by atoms with Crippen molar-refractivity contribution in [3.8, 4) is 0 Å². The molecule has 1 aromatic rings. The van der Waals surface area contributed by atoms with Crippen LogP contribution in [0.2, 0.25) is 0 Å². The van der Waals surface area contributed by atoms with Crippen LogP contribution < -0.4 is 21.3 Å². The molecule has 1 amide bonds. The lowest BCUT2D eigenvalue weighted by Gasteiger charge is -2.31. The summed E-state index contributed by atoms with van der Waals surface area (Å²) in [5, 5.41) is 7.08. The number of nitrogens with two attached hydrogens (primary N) is 1. The first-order chi connectivity index (χ1) is 15.1. The van der Waals surface area contributed by atoms with Gasteiger partial charge in [-0.25, -0.2) is 0 Å². The molecule has 3 rings (SSSR count). The molecule has 0 bridgehead atoms.